The number of hydrogen-bond acceptors (Lipinski definition) is 5. The van der Waals surface area contributed by atoms with Crippen LogP contribution in [0, 0.1) is 11.4 Å². The predicted molar refractivity (Wildman–Crippen MR) is 126 cm³/mol. The highest BCUT2D eigenvalue weighted by molar-refractivity contribution is 6.30. The largest absolute Gasteiger partial charge is 0.385 e. The van der Waals surface area contributed by atoms with Gasteiger partial charge in [0.15, 0.2) is 0 Å². The van der Waals surface area contributed by atoms with Crippen molar-refractivity contribution in [2.45, 2.75) is 50.6 Å². The number of nitrogens with one attached hydrogen (secondary N) is 4. The van der Waals surface area contributed by atoms with Crippen LogP contribution in [-0.2, 0) is 4.79 Å². The van der Waals surface area contributed by atoms with Gasteiger partial charge in [-0.3, -0.25) is 10.2 Å². The summed E-state index contributed by atoms with van der Waals surface area (Å²) < 4.78 is 13.3. The Labute approximate surface area is 192 Å². The number of pyridine rings is 1. The van der Waals surface area contributed by atoms with Crippen LogP contribution < -0.4 is 21.7 Å². The Balaban J connectivity index is 1.63. The Hall–Kier alpha value is -3.13. The molecule has 170 valence electrons. The van der Waals surface area contributed by atoms with E-state index in [2.05, 4.69) is 27.9 Å². The average Bonchev–Trinajstić information content (AvgIpc) is 2.75. The van der Waals surface area contributed by atoms with Crippen molar-refractivity contribution in [3.63, 3.8) is 0 Å². The molecule has 0 bridgehead atoms. The van der Waals surface area contributed by atoms with Crippen molar-refractivity contribution in [1.82, 2.24) is 10.3 Å². The van der Waals surface area contributed by atoms with E-state index in [0.29, 0.717) is 16.8 Å². The quantitative estimate of drug-likeness (QED) is 0.174. The maximum absolute atomic E-state index is 13.3. The number of anilines is 2. The number of carbonyl (C=O) groups is 1. The molecule has 0 spiro atoms. The molecular weight excluding hydrogens is 431 g/mol. The van der Waals surface area contributed by atoms with E-state index in [1.165, 1.54) is 18.5 Å². The van der Waals surface area contributed by atoms with Crippen molar-refractivity contribution in [1.29, 1.82) is 5.41 Å². The van der Waals surface area contributed by atoms with Crippen LogP contribution in [0.25, 0.3) is 0 Å². The number of primary amides is 1. The molecule has 1 aromatic carbocycles. The molecular formula is C23H28ClFN6O. The zero-order chi connectivity index (χ0) is 23.1. The lowest BCUT2D eigenvalue weighted by atomic mass is 9.77. The highest BCUT2D eigenvalue weighted by Gasteiger charge is 2.33. The molecule has 6 N–H and O–H groups in total. The molecule has 0 unspecified atom stereocenters. The molecule has 0 saturated heterocycles. The average molecular weight is 459 g/mol. The van der Waals surface area contributed by atoms with Crippen molar-refractivity contribution in [2.24, 2.45) is 5.73 Å². The van der Waals surface area contributed by atoms with Gasteiger partial charge in [0.2, 0.25) is 5.95 Å². The minimum absolute atomic E-state index is 0.00535. The maximum atomic E-state index is 13.3. The van der Waals surface area contributed by atoms with Crippen LogP contribution in [-0.4, -0.2) is 28.3 Å². The summed E-state index contributed by atoms with van der Waals surface area (Å²) in [4.78, 5) is 15.4. The summed E-state index contributed by atoms with van der Waals surface area (Å²) in [6.07, 6.45) is 7.30. The van der Waals surface area contributed by atoms with E-state index in [9.17, 15) is 9.18 Å². The third-order valence-electron chi connectivity index (χ3n) is 5.87. The first-order valence-corrected chi connectivity index (χ1v) is 11.0. The minimum Gasteiger partial charge on any atom is -0.385 e. The minimum atomic E-state index is -0.743. The molecule has 1 aliphatic rings. The van der Waals surface area contributed by atoms with E-state index >= 15 is 0 Å². The fourth-order valence-electron chi connectivity index (χ4n) is 3.91. The van der Waals surface area contributed by atoms with Crippen LogP contribution in [0.2, 0.25) is 5.02 Å². The molecule has 1 heterocycles. The second kappa shape index (κ2) is 10.5. The summed E-state index contributed by atoms with van der Waals surface area (Å²) in [5.41, 5.74) is 6.62. The number of nitrogens with two attached hydrogens (primary N) is 1. The first-order chi connectivity index (χ1) is 15.3. The van der Waals surface area contributed by atoms with Gasteiger partial charge in [-0.25, -0.2) is 4.98 Å². The molecule has 7 nitrogen and oxygen atoms in total. The fourth-order valence-corrected chi connectivity index (χ4v) is 4.10. The van der Waals surface area contributed by atoms with Crippen LogP contribution in [0.1, 0.15) is 39.0 Å². The first kappa shape index (κ1) is 23.5. The second-order valence-electron chi connectivity index (χ2n) is 8.00. The molecule has 1 fully saturated rings. The molecule has 1 aromatic heterocycles. The molecule has 0 atom stereocenters. The Morgan fingerprint density at radius 1 is 1.31 bits per heavy atom. The molecule has 1 amide bonds. The third kappa shape index (κ3) is 6.20. The zero-order valence-corrected chi connectivity index (χ0v) is 18.7. The summed E-state index contributed by atoms with van der Waals surface area (Å²) in [5.74, 6) is -1.64. The Bertz CT molecular complexity index is 1000. The summed E-state index contributed by atoms with van der Waals surface area (Å²) in [7, 11) is 0. The number of carbonyl (C=O) groups excluding carboxylic acids is 1. The second-order valence-corrected chi connectivity index (χ2v) is 8.43. The van der Waals surface area contributed by atoms with Crippen LogP contribution in [0.15, 0.2) is 54.4 Å². The van der Waals surface area contributed by atoms with Gasteiger partial charge < -0.3 is 21.7 Å². The van der Waals surface area contributed by atoms with Gasteiger partial charge in [0.25, 0.3) is 5.91 Å². The first-order valence-electron chi connectivity index (χ1n) is 10.6. The van der Waals surface area contributed by atoms with Crippen molar-refractivity contribution in [2.75, 3.05) is 10.6 Å². The number of hydrogen-bond donors (Lipinski definition) is 5. The van der Waals surface area contributed by atoms with Gasteiger partial charge >= 0.3 is 0 Å². The SMILES string of the molecule is CCC1(N/C=C(\C(=N)Nc2ccnc(F)c2)C(N)=O)CCC(Nc2cccc(Cl)c2)CC1. The topological polar surface area (TPSA) is 116 Å². The number of amidine groups is 1. The number of aromatic nitrogens is 1. The number of rotatable bonds is 8. The lowest BCUT2D eigenvalue weighted by Crippen LogP contribution is -2.47. The lowest BCUT2D eigenvalue weighted by molar-refractivity contribution is -0.114. The normalized spacial score (nSPS) is 21.0. The van der Waals surface area contributed by atoms with E-state index in [1.807, 2.05) is 24.3 Å². The zero-order valence-electron chi connectivity index (χ0n) is 17.9. The number of halogens is 2. The van der Waals surface area contributed by atoms with Gasteiger partial charge in [-0.1, -0.05) is 24.6 Å². The summed E-state index contributed by atoms with van der Waals surface area (Å²) in [6.45, 7) is 2.10. The molecule has 9 heteroatoms. The Morgan fingerprint density at radius 2 is 2.06 bits per heavy atom. The van der Waals surface area contributed by atoms with Gasteiger partial charge in [-0.15, -0.1) is 0 Å². The standard InChI is InChI=1S/C23H28ClFN6O/c1-2-23(9-6-16(7-10-23)30-17-5-3-4-15(24)12-17)29-14-19(22(27)32)21(26)31-18-8-11-28-20(25)13-18/h3-5,8,11-14,16,29-30H,2,6-7,9-10H2,1H3,(H2,27,32)(H2,26,28,31)/b19-14+. The van der Waals surface area contributed by atoms with Crippen LogP contribution in [0.4, 0.5) is 15.8 Å². The maximum Gasteiger partial charge on any atom is 0.253 e. The van der Waals surface area contributed by atoms with Crippen LogP contribution in [0.5, 0.6) is 0 Å². The lowest BCUT2D eigenvalue weighted by Gasteiger charge is -2.40. The van der Waals surface area contributed by atoms with E-state index in [0.717, 1.165) is 43.9 Å². The molecule has 1 aliphatic carbocycles. The van der Waals surface area contributed by atoms with Gasteiger partial charge in [0, 0.05) is 46.4 Å². The van der Waals surface area contributed by atoms with Gasteiger partial charge in [-0.05, 0) is 56.4 Å². The fraction of sp³-hybridized carbons (Fsp3) is 0.348. The Kier molecular flexibility index (Phi) is 7.69. The number of amides is 1. The smallest absolute Gasteiger partial charge is 0.253 e. The third-order valence-corrected chi connectivity index (χ3v) is 6.10. The van der Waals surface area contributed by atoms with Gasteiger partial charge in [0.1, 0.15) is 5.84 Å². The highest BCUT2D eigenvalue weighted by atomic mass is 35.5. The molecule has 0 aliphatic heterocycles. The molecule has 1 saturated carbocycles. The summed E-state index contributed by atoms with van der Waals surface area (Å²) in [5, 5.41) is 18.5. The molecule has 32 heavy (non-hydrogen) atoms. The summed E-state index contributed by atoms with van der Waals surface area (Å²) in [6, 6.07) is 10.7. The van der Waals surface area contributed by atoms with Gasteiger partial charge in [-0.2, -0.15) is 4.39 Å². The molecule has 2 aromatic rings. The Morgan fingerprint density at radius 3 is 2.69 bits per heavy atom. The summed E-state index contributed by atoms with van der Waals surface area (Å²) >= 11 is 6.07. The molecule has 0 radical (unpaired) electrons. The van der Waals surface area contributed by atoms with Crippen molar-refractivity contribution >= 4 is 34.7 Å². The van der Waals surface area contributed by atoms with Crippen molar-refractivity contribution < 1.29 is 9.18 Å². The van der Waals surface area contributed by atoms with Crippen LogP contribution >= 0.6 is 11.6 Å². The van der Waals surface area contributed by atoms with Gasteiger partial charge in [0.05, 0.1) is 5.57 Å². The van der Waals surface area contributed by atoms with E-state index in [1.54, 1.807) is 0 Å². The van der Waals surface area contributed by atoms with Crippen molar-refractivity contribution in [3.05, 3.63) is 65.3 Å². The number of benzene rings is 1. The number of nitrogens with zero attached hydrogens (tertiary/aromatic N) is 1. The molecule has 3 rings (SSSR count). The van der Waals surface area contributed by atoms with E-state index < -0.39 is 11.9 Å². The van der Waals surface area contributed by atoms with E-state index in [-0.39, 0.29) is 16.9 Å². The van der Waals surface area contributed by atoms with Crippen LogP contribution in [0.3, 0.4) is 0 Å². The predicted octanol–water partition coefficient (Wildman–Crippen LogP) is 4.43. The van der Waals surface area contributed by atoms with E-state index in [4.69, 9.17) is 22.7 Å². The van der Waals surface area contributed by atoms with Crippen molar-refractivity contribution in [3.8, 4) is 0 Å². The monoisotopic (exact) mass is 458 g/mol. The highest BCUT2D eigenvalue weighted by Crippen LogP contribution is 2.33.